The molecule has 0 bridgehead atoms. The van der Waals surface area contributed by atoms with Crippen LogP contribution < -0.4 is 0 Å². The monoisotopic (exact) mass is 197 g/mol. The van der Waals surface area contributed by atoms with Crippen LogP contribution in [0.5, 0.6) is 0 Å². The van der Waals surface area contributed by atoms with Gasteiger partial charge in [-0.05, 0) is 0 Å². The van der Waals surface area contributed by atoms with E-state index >= 15 is 0 Å². The van der Waals surface area contributed by atoms with Gasteiger partial charge < -0.3 is 15.7 Å². The molecular weight excluding hydrogens is 187 g/mol. The Morgan fingerprint density at radius 1 is 1.00 bits per heavy atom. The fraction of sp³-hybridized carbons (Fsp3) is 0.500. The summed E-state index contributed by atoms with van der Waals surface area (Å²) < 4.78 is 0. The number of hydrogen-bond acceptors (Lipinski definition) is 2. The number of carboxylic acid groups (broad SMARTS) is 2. The SMILES string of the molecule is CC(=O)O.CC(=O)O.O.[Co]. The summed E-state index contributed by atoms with van der Waals surface area (Å²) in [6, 6.07) is 0. The Labute approximate surface area is 68.6 Å². The molecule has 0 aromatic carbocycles. The van der Waals surface area contributed by atoms with Crippen molar-refractivity contribution >= 4 is 11.9 Å². The molecule has 0 aliphatic heterocycles. The largest absolute Gasteiger partial charge is 0.481 e. The Bertz CT molecular complexity index is 71.6. The van der Waals surface area contributed by atoms with Crippen LogP contribution >= 0.6 is 0 Å². The molecule has 4 N–H and O–H groups in total. The molecule has 0 aliphatic rings. The number of aliphatic carboxylic acids is 2. The molecule has 0 saturated heterocycles. The fourth-order valence-corrected chi connectivity index (χ4v) is 0. The molecule has 0 aliphatic carbocycles. The van der Waals surface area contributed by atoms with Crippen LogP contribution in [0.2, 0.25) is 0 Å². The van der Waals surface area contributed by atoms with Gasteiger partial charge in [-0.2, -0.15) is 0 Å². The predicted octanol–water partition coefficient (Wildman–Crippen LogP) is -0.645. The second kappa shape index (κ2) is 15.8. The maximum atomic E-state index is 9.00. The maximum absolute atomic E-state index is 9.00. The van der Waals surface area contributed by atoms with Gasteiger partial charge in [0.1, 0.15) is 0 Å². The average Bonchev–Trinajstić information content (AvgIpc) is 1.25. The molecule has 0 atom stereocenters. The van der Waals surface area contributed by atoms with Gasteiger partial charge in [0, 0.05) is 30.6 Å². The predicted molar refractivity (Wildman–Crippen MR) is 30.2 cm³/mol. The minimum atomic E-state index is -0.833. The van der Waals surface area contributed by atoms with E-state index in [1.165, 1.54) is 0 Å². The summed E-state index contributed by atoms with van der Waals surface area (Å²) in [6.45, 7) is 2.17. The molecule has 0 aromatic heterocycles. The maximum Gasteiger partial charge on any atom is 0.300 e. The normalized spacial score (nSPS) is 5.00. The van der Waals surface area contributed by atoms with Gasteiger partial charge >= 0.3 is 0 Å². The molecule has 5 nitrogen and oxygen atoms in total. The first-order chi connectivity index (χ1) is 3.46. The zero-order valence-electron chi connectivity index (χ0n) is 5.54. The van der Waals surface area contributed by atoms with Gasteiger partial charge in [0.25, 0.3) is 11.9 Å². The summed E-state index contributed by atoms with van der Waals surface area (Å²) in [7, 11) is 0. The topological polar surface area (TPSA) is 106 Å². The molecule has 10 heavy (non-hydrogen) atoms. The fourth-order valence-electron chi connectivity index (χ4n) is 0. The smallest absolute Gasteiger partial charge is 0.300 e. The van der Waals surface area contributed by atoms with Crippen molar-refractivity contribution in [3.05, 3.63) is 0 Å². The first-order valence-corrected chi connectivity index (χ1v) is 1.86. The van der Waals surface area contributed by atoms with Gasteiger partial charge in [0.2, 0.25) is 0 Å². The van der Waals surface area contributed by atoms with Crippen molar-refractivity contribution in [1.82, 2.24) is 0 Å². The summed E-state index contributed by atoms with van der Waals surface area (Å²) in [5, 5.41) is 14.8. The Hall–Kier alpha value is -0.594. The van der Waals surface area contributed by atoms with E-state index in [-0.39, 0.29) is 22.3 Å². The number of carboxylic acids is 2. The number of hydrogen-bond donors (Lipinski definition) is 2. The summed E-state index contributed by atoms with van der Waals surface area (Å²) in [5.74, 6) is -1.67. The van der Waals surface area contributed by atoms with Gasteiger partial charge in [-0.3, -0.25) is 9.59 Å². The Kier molecular flexibility index (Phi) is 35.9. The van der Waals surface area contributed by atoms with Crippen molar-refractivity contribution < 1.29 is 42.1 Å². The average molecular weight is 197 g/mol. The first kappa shape index (κ1) is 22.7. The summed E-state index contributed by atoms with van der Waals surface area (Å²) >= 11 is 0. The van der Waals surface area contributed by atoms with Crippen LogP contribution in [-0.4, -0.2) is 27.6 Å². The van der Waals surface area contributed by atoms with E-state index in [4.69, 9.17) is 19.8 Å². The van der Waals surface area contributed by atoms with E-state index in [0.717, 1.165) is 13.8 Å². The van der Waals surface area contributed by atoms with E-state index in [1.807, 2.05) is 0 Å². The molecule has 65 valence electrons. The standard InChI is InChI=1S/2C2H4O2.Co.H2O/c2*1-2(3)4;;/h2*1H3,(H,3,4);;1H2. The molecule has 0 saturated carbocycles. The van der Waals surface area contributed by atoms with Crippen LogP contribution in [0.3, 0.4) is 0 Å². The first-order valence-electron chi connectivity index (χ1n) is 1.86. The van der Waals surface area contributed by atoms with E-state index < -0.39 is 11.9 Å². The van der Waals surface area contributed by atoms with Crippen LogP contribution in [0.15, 0.2) is 0 Å². The van der Waals surface area contributed by atoms with E-state index in [0.29, 0.717) is 0 Å². The third-order valence-corrected chi connectivity index (χ3v) is 0. The minimum Gasteiger partial charge on any atom is -0.481 e. The molecule has 0 heterocycles. The Morgan fingerprint density at radius 2 is 1.00 bits per heavy atom. The van der Waals surface area contributed by atoms with Gasteiger partial charge in [0.05, 0.1) is 0 Å². The van der Waals surface area contributed by atoms with Crippen LogP contribution in [0.25, 0.3) is 0 Å². The Morgan fingerprint density at radius 3 is 1.00 bits per heavy atom. The molecule has 0 rings (SSSR count). The number of rotatable bonds is 0. The Balaban J connectivity index is -0.0000000300. The van der Waals surface area contributed by atoms with Crippen molar-refractivity contribution in [2.45, 2.75) is 13.8 Å². The van der Waals surface area contributed by atoms with Gasteiger partial charge in [-0.15, -0.1) is 0 Å². The molecule has 0 spiro atoms. The molecule has 1 radical (unpaired) electrons. The van der Waals surface area contributed by atoms with E-state index in [1.54, 1.807) is 0 Å². The zero-order valence-corrected chi connectivity index (χ0v) is 6.59. The van der Waals surface area contributed by atoms with Crippen molar-refractivity contribution in [3.8, 4) is 0 Å². The molecular formula is C4H10CoO5. The van der Waals surface area contributed by atoms with Crippen LogP contribution in [0, 0.1) is 0 Å². The van der Waals surface area contributed by atoms with Gasteiger partial charge in [0.15, 0.2) is 0 Å². The van der Waals surface area contributed by atoms with Gasteiger partial charge in [-0.25, -0.2) is 0 Å². The molecule has 0 amide bonds. The minimum absolute atomic E-state index is 0. The summed E-state index contributed by atoms with van der Waals surface area (Å²) in [6.07, 6.45) is 0. The van der Waals surface area contributed by atoms with Crippen LogP contribution in [0.1, 0.15) is 13.8 Å². The van der Waals surface area contributed by atoms with Crippen LogP contribution in [-0.2, 0) is 26.4 Å². The zero-order chi connectivity index (χ0) is 7.15. The second-order valence-electron chi connectivity index (χ2n) is 1.04. The molecule has 0 aromatic rings. The van der Waals surface area contributed by atoms with Gasteiger partial charge in [-0.1, -0.05) is 0 Å². The van der Waals surface area contributed by atoms with E-state index in [9.17, 15) is 0 Å². The molecule has 6 heteroatoms. The van der Waals surface area contributed by atoms with Crippen molar-refractivity contribution in [1.29, 1.82) is 0 Å². The van der Waals surface area contributed by atoms with Crippen molar-refractivity contribution in [3.63, 3.8) is 0 Å². The second-order valence-corrected chi connectivity index (χ2v) is 1.04. The van der Waals surface area contributed by atoms with Crippen molar-refractivity contribution in [2.75, 3.05) is 0 Å². The van der Waals surface area contributed by atoms with Crippen molar-refractivity contribution in [2.24, 2.45) is 0 Å². The molecule has 0 unspecified atom stereocenters. The third-order valence-electron chi connectivity index (χ3n) is 0. The van der Waals surface area contributed by atoms with Crippen LogP contribution in [0.4, 0.5) is 0 Å². The third kappa shape index (κ3) is 863. The quantitative estimate of drug-likeness (QED) is 0.538. The van der Waals surface area contributed by atoms with E-state index in [2.05, 4.69) is 0 Å². The summed E-state index contributed by atoms with van der Waals surface area (Å²) in [4.78, 5) is 18.0. The summed E-state index contributed by atoms with van der Waals surface area (Å²) in [5.41, 5.74) is 0. The molecule has 0 fully saturated rings. The number of carbonyl (C=O) groups is 2.